The molecule has 2 saturated heterocycles. The van der Waals surface area contributed by atoms with Crippen molar-refractivity contribution in [3.63, 3.8) is 0 Å². The van der Waals surface area contributed by atoms with Gasteiger partial charge in [0, 0.05) is 17.9 Å². The summed E-state index contributed by atoms with van der Waals surface area (Å²) in [5.41, 5.74) is 1.19. The average molecular weight is 425 g/mol. The van der Waals surface area contributed by atoms with Crippen LogP contribution < -0.4 is 5.32 Å². The van der Waals surface area contributed by atoms with E-state index < -0.39 is 16.9 Å². The summed E-state index contributed by atoms with van der Waals surface area (Å²) in [6, 6.07) is 13.4. The fraction of sp³-hybridized carbons (Fsp3) is 0.318. The lowest BCUT2D eigenvalue weighted by atomic mass is 9.92. The number of thioether (sulfide) groups is 1. The van der Waals surface area contributed by atoms with Crippen molar-refractivity contribution in [2.75, 3.05) is 18.8 Å². The van der Waals surface area contributed by atoms with E-state index in [0.717, 1.165) is 16.0 Å². The van der Waals surface area contributed by atoms with Crippen molar-refractivity contribution in [3.05, 3.63) is 71.0 Å². The maximum absolute atomic E-state index is 14.3. The summed E-state index contributed by atoms with van der Waals surface area (Å²) < 4.78 is 14.3. The second kappa shape index (κ2) is 7.12. The Labute approximate surface area is 177 Å². The van der Waals surface area contributed by atoms with Gasteiger partial charge in [-0.2, -0.15) is 0 Å². The molecule has 0 unspecified atom stereocenters. The third kappa shape index (κ3) is 2.81. The summed E-state index contributed by atoms with van der Waals surface area (Å²) in [5.74, 6) is -0.450. The van der Waals surface area contributed by atoms with Crippen molar-refractivity contribution < 1.29 is 18.8 Å². The Kier molecular flexibility index (Phi) is 4.54. The highest BCUT2D eigenvalue weighted by Gasteiger charge is 2.55. The maximum Gasteiger partial charge on any atom is 0.325 e. The van der Waals surface area contributed by atoms with Gasteiger partial charge in [-0.05, 0) is 30.0 Å². The van der Waals surface area contributed by atoms with Crippen LogP contribution in [0.4, 0.5) is 9.18 Å². The number of hydrogen-bond donors (Lipinski definition) is 1. The maximum atomic E-state index is 14.3. The predicted octanol–water partition coefficient (Wildman–Crippen LogP) is 2.79. The molecule has 8 heteroatoms. The molecule has 2 fully saturated rings. The Hall–Kier alpha value is -2.87. The number of amides is 4. The quantitative estimate of drug-likeness (QED) is 0.768. The van der Waals surface area contributed by atoms with Gasteiger partial charge in [0.1, 0.15) is 23.3 Å². The van der Waals surface area contributed by atoms with Gasteiger partial charge >= 0.3 is 6.03 Å². The largest absolute Gasteiger partial charge is 0.325 e. The number of benzene rings is 2. The first-order valence-corrected chi connectivity index (χ1v) is 10.9. The van der Waals surface area contributed by atoms with Crippen LogP contribution in [0, 0.1) is 5.82 Å². The van der Waals surface area contributed by atoms with Crippen LogP contribution in [0.25, 0.3) is 0 Å². The van der Waals surface area contributed by atoms with E-state index in [-0.39, 0.29) is 24.2 Å². The Balaban J connectivity index is 1.37. The zero-order valence-corrected chi connectivity index (χ0v) is 17.0. The molecule has 2 aliphatic heterocycles. The van der Waals surface area contributed by atoms with Crippen molar-refractivity contribution in [3.8, 4) is 0 Å². The molecule has 0 bridgehead atoms. The van der Waals surface area contributed by atoms with Crippen LogP contribution in [0.3, 0.4) is 0 Å². The Morgan fingerprint density at radius 3 is 2.77 bits per heavy atom. The number of fused-ring (bicyclic) bond motifs is 2. The first-order chi connectivity index (χ1) is 14.5. The van der Waals surface area contributed by atoms with E-state index in [1.54, 1.807) is 23.1 Å². The first-order valence-electron chi connectivity index (χ1n) is 9.89. The molecule has 5 rings (SSSR count). The molecule has 0 aromatic heterocycles. The number of nitrogens with one attached hydrogen (secondary N) is 1. The number of aryl methyl sites for hydroxylation is 1. The molecule has 30 heavy (non-hydrogen) atoms. The van der Waals surface area contributed by atoms with Crippen molar-refractivity contribution in [1.82, 2.24) is 15.1 Å². The number of carbonyl (C=O) groups excluding carboxylic acids is 3. The van der Waals surface area contributed by atoms with Gasteiger partial charge in [-0.3, -0.25) is 14.5 Å². The average Bonchev–Trinajstić information content (AvgIpc) is 3.43. The molecule has 2 heterocycles. The molecule has 3 aliphatic rings. The van der Waals surface area contributed by atoms with E-state index in [1.165, 1.54) is 17.8 Å². The van der Waals surface area contributed by atoms with Crippen molar-refractivity contribution >= 4 is 29.6 Å². The van der Waals surface area contributed by atoms with Crippen molar-refractivity contribution in [1.29, 1.82) is 0 Å². The highest BCUT2D eigenvalue weighted by Crippen LogP contribution is 2.42. The summed E-state index contributed by atoms with van der Waals surface area (Å²) in [4.78, 5) is 41.5. The van der Waals surface area contributed by atoms with E-state index >= 15 is 0 Å². The molecule has 1 N–H and O–H groups in total. The Morgan fingerprint density at radius 1 is 1.17 bits per heavy atom. The lowest BCUT2D eigenvalue weighted by Gasteiger charge is -2.26. The highest BCUT2D eigenvalue weighted by atomic mass is 32.2. The second-order valence-corrected chi connectivity index (χ2v) is 8.90. The zero-order valence-electron chi connectivity index (χ0n) is 16.1. The van der Waals surface area contributed by atoms with Crippen LogP contribution >= 0.6 is 11.8 Å². The van der Waals surface area contributed by atoms with Gasteiger partial charge in [0.15, 0.2) is 0 Å². The minimum atomic E-state index is -1.08. The molecule has 1 spiro atoms. The summed E-state index contributed by atoms with van der Waals surface area (Å²) in [5, 5.41) is 2.38. The number of hydrogen-bond acceptors (Lipinski definition) is 4. The number of halogens is 1. The number of nitrogens with zero attached hydrogens (tertiary/aromatic N) is 2. The topological polar surface area (TPSA) is 69.7 Å². The SMILES string of the molecule is O=C1N[C@]2(CCc3ccccc32)C(=O)N1CC(=O)N1CCS[C@@H]1c1ccccc1F. The van der Waals surface area contributed by atoms with Crippen molar-refractivity contribution in [2.45, 2.75) is 23.8 Å². The summed E-state index contributed by atoms with van der Waals surface area (Å²) in [7, 11) is 0. The molecule has 2 aromatic rings. The van der Waals surface area contributed by atoms with Crippen LogP contribution in [-0.2, 0) is 21.5 Å². The first kappa shape index (κ1) is 19.1. The second-order valence-electron chi connectivity index (χ2n) is 7.72. The van der Waals surface area contributed by atoms with Gasteiger partial charge in [-0.1, -0.05) is 42.5 Å². The van der Waals surface area contributed by atoms with E-state index in [2.05, 4.69) is 5.32 Å². The van der Waals surface area contributed by atoms with Gasteiger partial charge in [0.05, 0.1) is 0 Å². The molecule has 2 aromatic carbocycles. The fourth-order valence-electron chi connectivity index (χ4n) is 4.62. The van der Waals surface area contributed by atoms with E-state index in [1.807, 2.05) is 24.3 Å². The number of imide groups is 1. The summed E-state index contributed by atoms with van der Waals surface area (Å²) in [6.45, 7) is 0.0974. The standard InChI is InChI=1S/C22H20FN3O3S/c23-17-8-4-2-6-15(17)19-25(11-12-30-19)18(27)13-26-20(28)22(24-21(26)29)10-9-14-5-1-3-7-16(14)22/h1-8,19H,9-13H2,(H,24,29)/t19-,22+/m1/s1. The predicted molar refractivity (Wildman–Crippen MR) is 110 cm³/mol. The molecule has 1 aliphatic carbocycles. The van der Waals surface area contributed by atoms with E-state index in [9.17, 15) is 18.8 Å². The van der Waals surface area contributed by atoms with Crippen LogP contribution in [0.1, 0.15) is 28.5 Å². The fourth-order valence-corrected chi connectivity index (χ4v) is 5.92. The van der Waals surface area contributed by atoms with Crippen LogP contribution in [-0.4, -0.2) is 46.5 Å². The molecule has 0 saturated carbocycles. The number of urea groups is 1. The molecule has 0 radical (unpaired) electrons. The third-order valence-electron chi connectivity index (χ3n) is 6.10. The van der Waals surface area contributed by atoms with Gasteiger partial charge in [0.25, 0.3) is 5.91 Å². The lowest BCUT2D eigenvalue weighted by Crippen LogP contribution is -2.44. The smallest absolute Gasteiger partial charge is 0.324 e. The van der Waals surface area contributed by atoms with Gasteiger partial charge in [-0.15, -0.1) is 11.8 Å². The van der Waals surface area contributed by atoms with Gasteiger partial charge in [0.2, 0.25) is 5.91 Å². The minimum absolute atomic E-state index is 0.347. The van der Waals surface area contributed by atoms with E-state index in [0.29, 0.717) is 30.7 Å². The Morgan fingerprint density at radius 2 is 1.93 bits per heavy atom. The molecule has 2 atom stereocenters. The third-order valence-corrected chi connectivity index (χ3v) is 7.34. The van der Waals surface area contributed by atoms with Gasteiger partial charge in [-0.25, -0.2) is 9.18 Å². The highest BCUT2D eigenvalue weighted by molar-refractivity contribution is 7.99. The lowest BCUT2D eigenvalue weighted by molar-refractivity contribution is -0.139. The minimum Gasteiger partial charge on any atom is -0.324 e. The number of carbonyl (C=O) groups is 3. The van der Waals surface area contributed by atoms with Crippen molar-refractivity contribution in [2.24, 2.45) is 0 Å². The van der Waals surface area contributed by atoms with Gasteiger partial charge < -0.3 is 10.2 Å². The molecular formula is C22H20FN3O3S. The van der Waals surface area contributed by atoms with Crippen LogP contribution in [0.15, 0.2) is 48.5 Å². The summed E-state index contributed by atoms with van der Waals surface area (Å²) >= 11 is 1.48. The van der Waals surface area contributed by atoms with Crippen LogP contribution in [0.2, 0.25) is 0 Å². The monoisotopic (exact) mass is 425 g/mol. The molecule has 6 nitrogen and oxygen atoms in total. The van der Waals surface area contributed by atoms with Crippen LogP contribution in [0.5, 0.6) is 0 Å². The zero-order chi connectivity index (χ0) is 20.9. The Bertz CT molecular complexity index is 1060. The normalized spacial score (nSPS) is 25.2. The molecule has 4 amide bonds. The summed E-state index contributed by atoms with van der Waals surface area (Å²) in [6.07, 6.45) is 1.18. The molecular weight excluding hydrogens is 405 g/mol. The van der Waals surface area contributed by atoms with E-state index in [4.69, 9.17) is 0 Å². The molecule has 154 valence electrons. The number of rotatable bonds is 3.